The third kappa shape index (κ3) is 4.11. The molecule has 0 aliphatic carbocycles. The molecule has 2 aromatic rings. The van der Waals surface area contributed by atoms with Crippen LogP contribution in [0.4, 0.5) is 5.69 Å². The van der Waals surface area contributed by atoms with E-state index in [0.717, 1.165) is 12.2 Å². The van der Waals surface area contributed by atoms with Crippen molar-refractivity contribution in [3.05, 3.63) is 65.7 Å². The molecule has 0 saturated carbocycles. The minimum absolute atomic E-state index is 0.493. The summed E-state index contributed by atoms with van der Waals surface area (Å²) in [5.74, 6) is 0.493. The number of rotatable bonds is 6. The lowest BCUT2D eigenvalue weighted by atomic mass is 10.0. The van der Waals surface area contributed by atoms with Crippen molar-refractivity contribution in [1.82, 2.24) is 0 Å². The van der Waals surface area contributed by atoms with Gasteiger partial charge in [-0.1, -0.05) is 49.4 Å². The van der Waals surface area contributed by atoms with Crippen molar-refractivity contribution >= 4 is 5.69 Å². The lowest BCUT2D eigenvalue weighted by molar-refractivity contribution is 0.185. The van der Waals surface area contributed by atoms with Crippen molar-refractivity contribution in [2.24, 2.45) is 0 Å². The minimum Gasteiger partial charge on any atom is -0.384 e. The standard InChI is InChI=1S/C17H21NO/c1-14(16-8-4-3-5-9-16)12-18-17-10-6-7-15(11-17)13-19-2/h3-11,14,18H,12-13H2,1-2H3. The summed E-state index contributed by atoms with van der Waals surface area (Å²) in [6, 6.07) is 19.0. The van der Waals surface area contributed by atoms with Crippen molar-refractivity contribution < 1.29 is 4.74 Å². The molecule has 0 bridgehead atoms. The molecule has 2 heteroatoms. The molecular formula is C17H21NO. The Hall–Kier alpha value is -1.80. The first-order valence-electron chi connectivity index (χ1n) is 6.66. The van der Waals surface area contributed by atoms with Gasteiger partial charge in [-0.15, -0.1) is 0 Å². The third-order valence-electron chi connectivity index (χ3n) is 3.22. The molecule has 19 heavy (non-hydrogen) atoms. The maximum atomic E-state index is 5.15. The van der Waals surface area contributed by atoms with E-state index < -0.39 is 0 Å². The van der Waals surface area contributed by atoms with E-state index in [-0.39, 0.29) is 0 Å². The minimum atomic E-state index is 0.493. The van der Waals surface area contributed by atoms with Crippen LogP contribution in [0, 0.1) is 0 Å². The van der Waals surface area contributed by atoms with Gasteiger partial charge in [-0.2, -0.15) is 0 Å². The van der Waals surface area contributed by atoms with E-state index in [1.165, 1.54) is 11.1 Å². The van der Waals surface area contributed by atoms with Crippen molar-refractivity contribution in [3.63, 3.8) is 0 Å². The second-order valence-corrected chi connectivity index (χ2v) is 4.83. The fraction of sp³-hybridized carbons (Fsp3) is 0.294. The lowest BCUT2D eigenvalue weighted by Crippen LogP contribution is -2.09. The number of benzene rings is 2. The molecule has 0 heterocycles. The van der Waals surface area contributed by atoms with Crippen molar-refractivity contribution in [3.8, 4) is 0 Å². The van der Waals surface area contributed by atoms with Crippen LogP contribution in [0.15, 0.2) is 54.6 Å². The van der Waals surface area contributed by atoms with Crippen molar-refractivity contribution in [1.29, 1.82) is 0 Å². The summed E-state index contributed by atoms with van der Waals surface area (Å²) in [6.45, 7) is 3.82. The Kier molecular flexibility index (Phi) is 4.99. The van der Waals surface area contributed by atoms with E-state index in [2.05, 4.69) is 66.8 Å². The Morgan fingerprint density at radius 3 is 2.58 bits per heavy atom. The highest BCUT2D eigenvalue weighted by Gasteiger charge is 2.04. The number of anilines is 1. The Morgan fingerprint density at radius 1 is 1.05 bits per heavy atom. The number of hydrogen-bond donors (Lipinski definition) is 1. The topological polar surface area (TPSA) is 21.3 Å². The lowest BCUT2D eigenvalue weighted by Gasteiger charge is -2.14. The average molecular weight is 255 g/mol. The molecule has 0 saturated heterocycles. The predicted molar refractivity (Wildman–Crippen MR) is 80.5 cm³/mol. The summed E-state index contributed by atoms with van der Waals surface area (Å²) in [5.41, 5.74) is 3.71. The largest absolute Gasteiger partial charge is 0.384 e. The van der Waals surface area contributed by atoms with E-state index in [9.17, 15) is 0 Å². The van der Waals surface area contributed by atoms with Crippen LogP contribution in [0.3, 0.4) is 0 Å². The Bertz CT molecular complexity index is 496. The van der Waals surface area contributed by atoms with Crippen molar-refractivity contribution in [2.75, 3.05) is 19.0 Å². The zero-order chi connectivity index (χ0) is 13.5. The van der Waals surface area contributed by atoms with Crippen LogP contribution in [0.2, 0.25) is 0 Å². The zero-order valence-electron chi connectivity index (χ0n) is 11.6. The molecule has 0 aliphatic rings. The first-order valence-corrected chi connectivity index (χ1v) is 6.66. The van der Waals surface area contributed by atoms with Gasteiger partial charge in [-0.3, -0.25) is 0 Å². The van der Waals surface area contributed by atoms with Gasteiger partial charge in [-0.05, 0) is 29.2 Å². The molecule has 1 N–H and O–H groups in total. The van der Waals surface area contributed by atoms with Gasteiger partial charge in [0.05, 0.1) is 6.61 Å². The molecular weight excluding hydrogens is 234 g/mol. The van der Waals surface area contributed by atoms with Crippen LogP contribution in [0.5, 0.6) is 0 Å². The first-order chi connectivity index (χ1) is 9.29. The van der Waals surface area contributed by atoms with Gasteiger partial charge in [0.2, 0.25) is 0 Å². The van der Waals surface area contributed by atoms with E-state index in [1.807, 2.05) is 0 Å². The summed E-state index contributed by atoms with van der Waals surface area (Å²) in [4.78, 5) is 0. The van der Waals surface area contributed by atoms with E-state index in [0.29, 0.717) is 12.5 Å². The molecule has 0 aliphatic heterocycles. The summed E-state index contributed by atoms with van der Waals surface area (Å²) < 4.78 is 5.15. The van der Waals surface area contributed by atoms with E-state index in [4.69, 9.17) is 4.74 Å². The molecule has 1 atom stereocenters. The Labute approximate surface area is 115 Å². The van der Waals surface area contributed by atoms with Crippen LogP contribution >= 0.6 is 0 Å². The van der Waals surface area contributed by atoms with E-state index >= 15 is 0 Å². The van der Waals surface area contributed by atoms with Gasteiger partial charge in [0.15, 0.2) is 0 Å². The highest BCUT2D eigenvalue weighted by Crippen LogP contribution is 2.17. The maximum absolute atomic E-state index is 5.15. The second kappa shape index (κ2) is 6.95. The van der Waals surface area contributed by atoms with Gasteiger partial charge in [0.25, 0.3) is 0 Å². The normalized spacial score (nSPS) is 12.1. The molecule has 2 rings (SSSR count). The number of ether oxygens (including phenoxy) is 1. The number of methoxy groups -OCH3 is 1. The fourth-order valence-electron chi connectivity index (χ4n) is 2.11. The third-order valence-corrected chi connectivity index (χ3v) is 3.22. The summed E-state index contributed by atoms with van der Waals surface area (Å²) in [5, 5.41) is 3.49. The molecule has 0 spiro atoms. The van der Waals surface area contributed by atoms with Gasteiger partial charge in [-0.25, -0.2) is 0 Å². The summed E-state index contributed by atoms with van der Waals surface area (Å²) in [6.07, 6.45) is 0. The fourth-order valence-corrected chi connectivity index (χ4v) is 2.11. The highest BCUT2D eigenvalue weighted by molar-refractivity contribution is 5.46. The number of nitrogens with one attached hydrogen (secondary N) is 1. The van der Waals surface area contributed by atoms with Gasteiger partial charge >= 0.3 is 0 Å². The number of hydrogen-bond acceptors (Lipinski definition) is 2. The highest BCUT2D eigenvalue weighted by atomic mass is 16.5. The van der Waals surface area contributed by atoms with Gasteiger partial charge in [0.1, 0.15) is 0 Å². The van der Waals surface area contributed by atoms with Crippen molar-refractivity contribution in [2.45, 2.75) is 19.4 Å². The zero-order valence-corrected chi connectivity index (χ0v) is 11.6. The van der Waals surface area contributed by atoms with Crippen LogP contribution in [-0.4, -0.2) is 13.7 Å². The van der Waals surface area contributed by atoms with E-state index in [1.54, 1.807) is 7.11 Å². The smallest absolute Gasteiger partial charge is 0.0713 e. The monoisotopic (exact) mass is 255 g/mol. The molecule has 2 nitrogen and oxygen atoms in total. The van der Waals surface area contributed by atoms with Gasteiger partial charge in [0, 0.05) is 19.3 Å². The average Bonchev–Trinajstić information content (AvgIpc) is 2.46. The molecule has 0 radical (unpaired) electrons. The second-order valence-electron chi connectivity index (χ2n) is 4.83. The Balaban J connectivity index is 1.93. The van der Waals surface area contributed by atoms with Crippen LogP contribution in [-0.2, 0) is 11.3 Å². The van der Waals surface area contributed by atoms with Crippen LogP contribution < -0.4 is 5.32 Å². The van der Waals surface area contributed by atoms with Crippen LogP contribution in [0.25, 0.3) is 0 Å². The summed E-state index contributed by atoms with van der Waals surface area (Å²) >= 11 is 0. The van der Waals surface area contributed by atoms with Gasteiger partial charge < -0.3 is 10.1 Å². The molecule has 2 aromatic carbocycles. The summed E-state index contributed by atoms with van der Waals surface area (Å²) in [7, 11) is 1.72. The first kappa shape index (κ1) is 13.6. The molecule has 0 amide bonds. The molecule has 1 unspecified atom stereocenters. The predicted octanol–water partition coefficient (Wildman–Crippen LogP) is 4.05. The molecule has 0 fully saturated rings. The molecule has 100 valence electrons. The quantitative estimate of drug-likeness (QED) is 0.840. The SMILES string of the molecule is COCc1cccc(NCC(C)c2ccccc2)c1. The molecule has 0 aromatic heterocycles. The van der Waals surface area contributed by atoms with Crippen LogP contribution in [0.1, 0.15) is 24.0 Å². The Morgan fingerprint density at radius 2 is 1.84 bits per heavy atom. The maximum Gasteiger partial charge on any atom is 0.0713 e.